The Balaban J connectivity index is 2.39. The van der Waals surface area contributed by atoms with E-state index in [2.05, 4.69) is 42.6 Å². The highest BCUT2D eigenvalue weighted by atomic mass is 16.6. The van der Waals surface area contributed by atoms with Crippen molar-refractivity contribution in [3.05, 3.63) is 59.2 Å². The third kappa shape index (κ3) is 4.82. The Kier molecular flexibility index (Phi) is 6.23. The van der Waals surface area contributed by atoms with Crippen molar-refractivity contribution >= 4 is 5.97 Å². The first kappa shape index (κ1) is 19.5. The number of hydrogen-bond acceptors (Lipinski definition) is 3. The summed E-state index contributed by atoms with van der Waals surface area (Å²) in [5.74, 6) is -0.258. The van der Waals surface area contributed by atoms with E-state index in [1.54, 1.807) is 0 Å². The molecule has 2 rings (SSSR count). The highest BCUT2D eigenvalue weighted by molar-refractivity contribution is 5.91. The molecule has 0 fully saturated rings. The third-order valence-corrected chi connectivity index (χ3v) is 4.47. The smallest absolute Gasteiger partial charge is 0.338 e. The number of esters is 1. The molecule has 0 bridgehead atoms. The number of allylic oxidation sites excluding steroid dienone is 2. The number of benzene rings is 1. The summed E-state index contributed by atoms with van der Waals surface area (Å²) in [5.41, 5.74) is 2.02. The van der Waals surface area contributed by atoms with Gasteiger partial charge in [0, 0.05) is 0 Å². The van der Waals surface area contributed by atoms with Gasteiger partial charge in [0.25, 0.3) is 0 Å². The van der Waals surface area contributed by atoms with Crippen molar-refractivity contribution in [1.82, 2.24) is 5.32 Å². The summed E-state index contributed by atoms with van der Waals surface area (Å²) in [6, 6.07) is 5.93. The third-order valence-electron chi connectivity index (χ3n) is 4.47. The first-order valence-electron chi connectivity index (χ1n) is 9.22. The van der Waals surface area contributed by atoms with Gasteiger partial charge < -0.3 is 10.1 Å². The predicted molar refractivity (Wildman–Crippen MR) is 104 cm³/mol. The number of hydrogen-bond donors (Lipinski definition) is 1. The van der Waals surface area contributed by atoms with Crippen LogP contribution in [0.5, 0.6) is 0 Å². The van der Waals surface area contributed by atoms with Crippen molar-refractivity contribution in [2.24, 2.45) is 0 Å². The normalized spacial score (nSPS) is 19.9. The maximum absolute atomic E-state index is 12.6. The van der Waals surface area contributed by atoms with Gasteiger partial charge in [-0.2, -0.15) is 0 Å². The van der Waals surface area contributed by atoms with E-state index < -0.39 is 5.60 Å². The van der Waals surface area contributed by atoms with E-state index in [0.717, 1.165) is 36.9 Å². The molecule has 1 aromatic rings. The van der Waals surface area contributed by atoms with Crippen molar-refractivity contribution in [3.8, 4) is 0 Å². The molecule has 1 N–H and O–H groups in total. The first-order valence-corrected chi connectivity index (χ1v) is 9.22. The second kappa shape index (κ2) is 8.01. The minimum absolute atomic E-state index is 0.258. The van der Waals surface area contributed by atoms with Crippen LogP contribution in [0.25, 0.3) is 0 Å². The molecule has 0 saturated carbocycles. The van der Waals surface area contributed by atoms with Crippen LogP contribution in [-0.4, -0.2) is 18.1 Å². The molecule has 0 heterocycles. The van der Waals surface area contributed by atoms with Crippen LogP contribution in [-0.2, 0) is 10.3 Å². The van der Waals surface area contributed by atoms with Crippen LogP contribution in [0.15, 0.2) is 42.5 Å². The van der Waals surface area contributed by atoms with E-state index in [4.69, 9.17) is 4.74 Å². The lowest BCUT2D eigenvalue weighted by Crippen LogP contribution is -2.42. The number of unbranched alkanes of at least 4 members (excludes halogenated alkanes) is 1. The fourth-order valence-electron chi connectivity index (χ4n) is 3.21. The maximum Gasteiger partial charge on any atom is 0.338 e. The van der Waals surface area contributed by atoms with E-state index >= 15 is 0 Å². The Morgan fingerprint density at radius 2 is 2.04 bits per heavy atom. The average molecular weight is 341 g/mol. The van der Waals surface area contributed by atoms with Gasteiger partial charge in [0.05, 0.1) is 11.1 Å². The maximum atomic E-state index is 12.6. The van der Waals surface area contributed by atoms with Gasteiger partial charge in [-0.15, -0.1) is 0 Å². The molecule has 25 heavy (non-hydrogen) atoms. The quantitative estimate of drug-likeness (QED) is 0.581. The number of rotatable bonds is 6. The summed E-state index contributed by atoms with van der Waals surface area (Å²) >= 11 is 0. The molecule has 0 aliphatic heterocycles. The molecule has 0 spiro atoms. The molecule has 3 nitrogen and oxygen atoms in total. The molecule has 1 aliphatic carbocycles. The summed E-state index contributed by atoms with van der Waals surface area (Å²) < 4.78 is 5.59. The second-order valence-corrected chi connectivity index (χ2v) is 7.72. The molecule has 136 valence electrons. The zero-order valence-electron chi connectivity index (χ0n) is 16.2. The molecule has 1 aromatic carbocycles. The van der Waals surface area contributed by atoms with Crippen LogP contribution in [0.1, 0.15) is 68.4 Å². The Morgan fingerprint density at radius 1 is 1.28 bits per heavy atom. The summed E-state index contributed by atoms with van der Waals surface area (Å²) in [4.78, 5) is 12.6. The van der Waals surface area contributed by atoms with E-state index in [-0.39, 0.29) is 11.5 Å². The van der Waals surface area contributed by atoms with Crippen LogP contribution in [0.2, 0.25) is 0 Å². The van der Waals surface area contributed by atoms with Crippen LogP contribution in [0.4, 0.5) is 0 Å². The number of nitrogens with one attached hydrogen (secondary N) is 1. The van der Waals surface area contributed by atoms with Gasteiger partial charge in [0.1, 0.15) is 5.60 Å². The number of carbonyl (C=O) groups excluding carboxylic acids is 1. The highest BCUT2D eigenvalue weighted by Gasteiger charge is 2.32. The SMILES string of the molecule is CCCCNC1(c2cccc(C(=O)OC(C)(C)C)c2C)C=CC=CC1. The minimum Gasteiger partial charge on any atom is -0.456 e. The lowest BCUT2D eigenvalue weighted by Gasteiger charge is -2.35. The minimum atomic E-state index is -0.496. The summed E-state index contributed by atoms with van der Waals surface area (Å²) in [5, 5.41) is 3.72. The van der Waals surface area contributed by atoms with Crippen LogP contribution in [0, 0.1) is 6.92 Å². The van der Waals surface area contributed by atoms with Crippen LogP contribution >= 0.6 is 0 Å². The predicted octanol–water partition coefficient (Wildman–Crippen LogP) is 5.05. The molecular weight excluding hydrogens is 310 g/mol. The van der Waals surface area contributed by atoms with Gasteiger partial charge in [-0.25, -0.2) is 4.79 Å². The van der Waals surface area contributed by atoms with E-state index in [1.165, 1.54) is 0 Å². The molecular formula is C22H31NO2. The first-order chi connectivity index (χ1) is 11.8. The van der Waals surface area contributed by atoms with Crippen molar-refractivity contribution in [3.63, 3.8) is 0 Å². The lowest BCUT2D eigenvalue weighted by molar-refractivity contribution is 0.00685. The fourth-order valence-corrected chi connectivity index (χ4v) is 3.21. The number of carbonyl (C=O) groups is 1. The second-order valence-electron chi connectivity index (χ2n) is 7.72. The van der Waals surface area contributed by atoms with Gasteiger partial charge in [-0.1, -0.05) is 49.8 Å². The van der Waals surface area contributed by atoms with Crippen LogP contribution in [0.3, 0.4) is 0 Å². The van der Waals surface area contributed by atoms with E-state index in [1.807, 2.05) is 39.8 Å². The Hall–Kier alpha value is -1.87. The standard InChI is InChI=1S/C22H31NO2/c1-6-7-16-23-22(14-9-8-10-15-22)19-13-11-12-18(17(19)2)20(24)25-21(3,4)5/h8-14,23H,6-7,15-16H2,1-5H3. The average Bonchev–Trinajstić information content (AvgIpc) is 2.54. The molecule has 0 radical (unpaired) electrons. The van der Waals surface area contributed by atoms with Crippen molar-refractivity contribution in [2.75, 3.05) is 6.54 Å². The Bertz CT molecular complexity index is 667. The molecule has 1 unspecified atom stereocenters. The Labute approximate surface area is 152 Å². The summed E-state index contributed by atoms with van der Waals surface area (Å²) in [6.45, 7) is 10.8. The van der Waals surface area contributed by atoms with E-state index in [0.29, 0.717) is 5.56 Å². The van der Waals surface area contributed by atoms with Crippen LogP contribution < -0.4 is 5.32 Å². The summed E-state index contributed by atoms with van der Waals surface area (Å²) in [6.07, 6.45) is 11.7. The monoisotopic (exact) mass is 341 g/mol. The Morgan fingerprint density at radius 3 is 2.64 bits per heavy atom. The molecule has 3 heteroatoms. The van der Waals surface area contributed by atoms with Crippen molar-refractivity contribution in [2.45, 2.75) is 65.0 Å². The lowest BCUT2D eigenvalue weighted by atomic mass is 9.80. The van der Waals surface area contributed by atoms with Crippen molar-refractivity contribution < 1.29 is 9.53 Å². The zero-order valence-corrected chi connectivity index (χ0v) is 16.2. The fraction of sp³-hybridized carbons (Fsp3) is 0.500. The zero-order chi connectivity index (χ0) is 18.5. The topological polar surface area (TPSA) is 38.3 Å². The molecule has 0 amide bonds. The van der Waals surface area contributed by atoms with Gasteiger partial charge in [-0.3, -0.25) is 0 Å². The summed E-state index contributed by atoms with van der Waals surface area (Å²) in [7, 11) is 0. The molecule has 0 saturated heterocycles. The molecule has 1 aliphatic rings. The van der Waals surface area contributed by atoms with E-state index in [9.17, 15) is 4.79 Å². The number of ether oxygens (including phenoxy) is 1. The highest BCUT2D eigenvalue weighted by Crippen LogP contribution is 2.34. The molecule has 1 atom stereocenters. The van der Waals surface area contributed by atoms with Crippen molar-refractivity contribution in [1.29, 1.82) is 0 Å². The largest absolute Gasteiger partial charge is 0.456 e. The van der Waals surface area contributed by atoms with Gasteiger partial charge in [-0.05, 0) is 64.3 Å². The van der Waals surface area contributed by atoms with Gasteiger partial charge in [0.2, 0.25) is 0 Å². The molecule has 0 aromatic heterocycles. The van der Waals surface area contributed by atoms with Gasteiger partial charge >= 0.3 is 5.97 Å². The van der Waals surface area contributed by atoms with Gasteiger partial charge in [0.15, 0.2) is 0 Å².